The van der Waals surface area contributed by atoms with Gasteiger partial charge in [0, 0.05) is 19.3 Å². The van der Waals surface area contributed by atoms with E-state index >= 15 is 0 Å². The molecule has 0 aromatic carbocycles. The number of primary amides is 1. The molecule has 4 N–H and O–H groups in total. The Hall–Kier alpha value is -0.820. The van der Waals surface area contributed by atoms with E-state index in [4.69, 9.17) is 5.73 Å². The van der Waals surface area contributed by atoms with Crippen LogP contribution in [0.4, 0.5) is 4.79 Å². The van der Waals surface area contributed by atoms with Gasteiger partial charge in [0.2, 0.25) is 0 Å². The van der Waals surface area contributed by atoms with E-state index < -0.39 is 15.9 Å². The fourth-order valence-electron chi connectivity index (χ4n) is 0.858. The lowest BCUT2D eigenvalue weighted by Gasteiger charge is -2.04. The van der Waals surface area contributed by atoms with Crippen molar-refractivity contribution >= 4 is 15.9 Å². The second kappa shape index (κ2) is 6.61. The summed E-state index contributed by atoms with van der Waals surface area (Å²) in [5.74, 6) is 0.184. The van der Waals surface area contributed by atoms with Crippen molar-refractivity contribution in [2.75, 3.05) is 31.6 Å². The Morgan fingerprint density at radius 1 is 1.29 bits per heavy atom. The molecule has 84 valence electrons. The zero-order valence-electron chi connectivity index (χ0n) is 8.25. The summed E-state index contributed by atoms with van der Waals surface area (Å²) in [6.07, 6.45) is 1.79. The molecular weight excluding hydrogens is 206 g/mol. The van der Waals surface area contributed by atoms with E-state index in [0.717, 1.165) is 0 Å². The van der Waals surface area contributed by atoms with Crippen LogP contribution in [-0.4, -0.2) is 46.1 Å². The van der Waals surface area contributed by atoms with Crippen molar-refractivity contribution in [3.63, 3.8) is 0 Å². The monoisotopic (exact) mass is 223 g/mol. The van der Waals surface area contributed by atoms with E-state index in [1.807, 2.05) is 0 Å². The second-order valence-electron chi connectivity index (χ2n) is 3.02. The van der Waals surface area contributed by atoms with Gasteiger partial charge < -0.3 is 16.4 Å². The molecule has 0 heterocycles. The molecule has 7 heteroatoms. The Labute approximate surface area is 84.2 Å². The van der Waals surface area contributed by atoms with Crippen molar-refractivity contribution in [2.24, 2.45) is 5.73 Å². The minimum atomic E-state index is -2.86. The molecule has 2 amide bonds. The molecule has 0 unspecified atom stereocenters. The normalized spacial score (nSPS) is 11.2. The third-order valence-electron chi connectivity index (χ3n) is 1.47. The lowest BCUT2D eigenvalue weighted by atomic mass is 10.4. The van der Waals surface area contributed by atoms with Gasteiger partial charge in [-0.1, -0.05) is 0 Å². The van der Waals surface area contributed by atoms with Gasteiger partial charge in [-0.2, -0.15) is 0 Å². The number of carbonyl (C=O) groups is 1. The average Bonchev–Trinajstić information content (AvgIpc) is 2.00. The highest BCUT2D eigenvalue weighted by Crippen LogP contribution is 1.86. The van der Waals surface area contributed by atoms with E-state index in [0.29, 0.717) is 26.1 Å². The number of hydrogen-bond acceptors (Lipinski definition) is 4. The van der Waals surface area contributed by atoms with Gasteiger partial charge in [-0.15, -0.1) is 0 Å². The fraction of sp³-hybridized carbons (Fsp3) is 0.857. The van der Waals surface area contributed by atoms with E-state index in [2.05, 4.69) is 10.6 Å². The molecule has 0 aliphatic rings. The maximum atomic E-state index is 10.7. The van der Waals surface area contributed by atoms with Gasteiger partial charge in [-0.3, -0.25) is 0 Å². The molecule has 6 nitrogen and oxygen atoms in total. The van der Waals surface area contributed by atoms with Crippen LogP contribution in [0.15, 0.2) is 0 Å². The Bertz CT molecular complexity index is 263. The molecule has 0 aliphatic heterocycles. The quantitative estimate of drug-likeness (QED) is 0.466. The van der Waals surface area contributed by atoms with E-state index in [9.17, 15) is 13.2 Å². The van der Waals surface area contributed by atoms with Crippen molar-refractivity contribution in [2.45, 2.75) is 6.42 Å². The number of carbonyl (C=O) groups excluding carboxylic acids is 1. The Kier molecular flexibility index (Phi) is 6.22. The summed E-state index contributed by atoms with van der Waals surface area (Å²) >= 11 is 0. The fourth-order valence-corrected chi connectivity index (χ4v) is 1.53. The molecule has 0 aliphatic carbocycles. The van der Waals surface area contributed by atoms with Crippen LogP contribution >= 0.6 is 0 Å². The molecule has 14 heavy (non-hydrogen) atoms. The molecule has 0 bridgehead atoms. The topological polar surface area (TPSA) is 101 Å². The first kappa shape index (κ1) is 13.2. The Morgan fingerprint density at radius 2 is 1.93 bits per heavy atom. The molecule has 0 spiro atoms. The maximum Gasteiger partial charge on any atom is 0.312 e. The molecule has 0 saturated heterocycles. The zero-order valence-corrected chi connectivity index (χ0v) is 9.06. The van der Waals surface area contributed by atoms with E-state index in [1.165, 1.54) is 6.26 Å². The number of sulfone groups is 1. The van der Waals surface area contributed by atoms with Crippen LogP contribution in [0.25, 0.3) is 0 Å². The molecule has 0 radical (unpaired) electrons. The average molecular weight is 223 g/mol. The third-order valence-corrected chi connectivity index (χ3v) is 2.50. The first-order chi connectivity index (χ1) is 6.42. The number of nitrogens with two attached hydrogens (primary N) is 1. The van der Waals surface area contributed by atoms with Crippen LogP contribution in [-0.2, 0) is 9.84 Å². The zero-order chi connectivity index (χ0) is 11.0. The SMILES string of the molecule is CS(=O)(=O)CCCNCCNC(N)=O. The van der Waals surface area contributed by atoms with Crippen LogP contribution in [0.3, 0.4) is 0 Å². The smallest absolute Gasteiger partial charge is 0.312 e. The number of rotatable bonds is 7. The highest BCUT2D eigenvalue weighted by atomic mass is 32.2. The van der Waals surface area contributed by atoms with Gasteiger partial charge in [0.25, 0.3) is 0 Å². The van der Waals surface area contributed by atoms with Gasteiger partial charge in [-0.25, -0.2) is 13.2 Å². The highest BCUT2D eigenvalue weighted by molar-refractivity contribution is 7.90. The molecular formula is C7H17N3O3S. The number of amides is 2. The Balaban J connectivity index is 3.19. The summed E-state index contributed by atoms with van der Waals surface area (Å²) in [5.41, 5.74) is 4.83. The largest absolute Gasteiger partial charge is 0.352 e. The molecule has 0 aromatic heterocycles. The summed E-state index contributed by atoms with van der Waals surface area (Å²) in [4.78, 5) is 10.2. The van der Waals surface area contributed by atoms with Gasteiger partial charge in [0.15, 0.2) is 0 Å². The lowest BCUT2D eigenvalue weighted by Crippen LogP contribution is -2.35. The van der Waals surface area contributed by atoms with E-state index in [-0.39, 0.29) is 5.75 Å². The first-order valence-electron chi connectivity index (χ1n) is 4.33. The Morgan fingerprint density at radius 3 is 2.43 bits per heavy atom. The first-order valence-corrected chi connectivity index (χ1v) is 6.39. The van der Waals surface area contributed by atoms with Crippen LogP contribution in [0.2, 0.25) is 0 Å². The third kappa shape index (κ3) is 11.2. The molecule has 0 rings (SSSR count). The van der Waals surface area contributed by atoms with Crippen molar-refractivity contribution in [1.82, 2.24) is 10.6 Å². The van der Waals surface area contributed by atoms with Gasteiger partial charge in [0.05, 0.1) is 5.75 Å². The number of urea groups is 1. The number of nitrogens with one attached hydrogen (secondary N) is 2. The van der Waals surface area contributed by atoms with Crippen molar-refractivity contribution < 1.29 is 13.2 Å². The number of hydrogen-bond donors (Lipinski definition) is 3. The van der Waals surface area contributed by atoms with Crippen molar-refractivity contribution in [1.29, 1.82) is 0 Å². The van der Waals surface area contributed by atoms with Gasteiger partial charge in [0.1, 0.15) is 9.84 Å². The predicted octanol–water partition coefficient (Wildman–Crippen LogP) is -1.32. The minimum absolute atomic E-state index is 0.184. The highest BCUT2D eigenvalue weighted by Gasteiger charge is 2.00. The molecule has 0 aromatic rings. The predicted molar refractivity (Wildman–Crippen MR) is 54.8 cm³/mol. The summed E-state index contributed by atoms with van der Waals surface area (Å²) in [7, 11) is -2.86. The second-order valence-corrected chi connectivity index (χ2v) is 5.28. The standard InChI is InChI=1S/C7H17N3O3S/c1-14(12,13)6-2-3-9-4-5-10-7(8)11/h9H,2-6H2,1H3,(H3,8,10,11). The van der Waals surface area contributed by atoms with Gasteiger partial charge in [-0.05, 0) is 13.0 Å². The van der Waals surface area contributed by atoms with E-state index in [1.54, 1.807) is 0 Å². The maximum absolute atomic E-state index is 10.7. The lowest BCUT2D eigenvalue weighted by molar-refractivity contribution is 0.249. The summed E-state index contributed by atoms with van der Waals surface area (Å²) in [5, 5.41) is 5.39. The van der Waals surface area contributed by atoms with Crippen molar-refractivity contribution in [3.8, 4) is 0 Å². The van der Waals surface area contributed by atoms with Crippen LogP contribution in [0, 0.1) is 0 Å². The summed E-state index contributed by atoms with van der Waals surface area (Å²) in [6, 6.07) is -0.553. The molecule has 0 fully saturated rings. The molecule has 0 saturated carbocycles. The minimum Gasteiger partial charge on any atom is -0.352 e. The van der Waals surface area contributed by atoms with Gasteiger partial charge >= 0.3 is 6.03 Å². The van der Waals surface area contributed by atoms with Crippen LogP contribution in [0.5, 0.6) is 0 Å². The van der Waals surface area contributed by atoms with Crippen molar-refractivity contribution in [3.05, 3.63) is 0 Å². The van der Waals surface area contributed by atoms with Crippen LogP contribution < -0.4 is 16.4 Å². The van der Waals surface area contributed by atoms with Crippen LogP contribution in [0.1, 0.15) is 6.42 Å². The summed E-state index contributed by atoms with van der Waals surface area (Å²) in [6.45, 7) is 1.66. The summed E-state index contributed by atoms with van der Waals surface area (Å²) < 4.78 is 21.4. The molecule has 0 atom stereocenters.